The normalized spacial score (nSPS) is 11.5. The number of nitrogens with zero attached hydrogens (tertiary/aromatic N) is 4. The number of amides is 1. The van der Waals surface area contributed by atoms with E-state index in [4.69, 9.17) is 0 Å². The van der Waals surface area contributed by atoms with Crippen LogP contribution in [0.4, 0.5) is 18.9 Å². The predicted octanol–water partition coefficient (Wildman–Crippen LogP) is 1.67. The van der Waals surface area contributed by atoms with E-state index in [0.717, 1.165) is 16.7 Å². The van der Waals surface area contributed by atoms with E-state index < -0.39 is 23.6 Å². The number of hydrogen-bond donors (Lipinski definition) is 1. The Balaban J connectivity index is 1.74. The second-order valence-electron chi connectivity index (χ2n) is 5.31. The van der Waals surface area contributed by atoms with E-state index in [1.807, 2.05) is 0 Å². The highest BCUT2D eigenvalue weighted by atomic mass is 19.4. The van der Waals surface area contributed by atoms with Crippen molar-refractivity contribution in [1.29, 1.82) is 0 Å². The van der Waals surface area contributed by atoms with Gasteiger partial charge in [-0.25, -0.2) is 4.98 Å². The van der Waals surface area contributed by atoms with E-state index in [1.54, 1.807) is 7.05 Å². The third-order valence-electron chi connectivity index (χ3n) is 3.38. The SMILES string of the molecule is Cn1ncc2c(=O)n(CC(=O)Nc3cccc(OC(F)(F)F)c3)cnc21. The minimum Gasteiger partial charge on any atom is -0.406 e. The summed E-state index contributed by atoms with van der Waals surface area (Å²) in [5.74, 6) is -1.08. The third kappa shape index (κ3) is 3.82. The smallest absolute Gasteiger partial charge is 0.406 e. The van der Waals surface area contributed by atoms with Crippen LogP contribution >= 0.6 is 0 Å². The summed E-state index contributed by atoms with van der Waals surface area (Å²) < 4.78 is 43.0. The van der Waals surface area contributed by atoms with Crippen molar-refractivity contribution in [3.05, 3.63) is 47.1 Å². The summed E-state index contributed by atoms with van der Waals surface area (Å²) >= 11 is 0. The highest BCUT2D eigenvalue weighted by Gasteiger charge is 2.31. The van der Waals surface area contributed by atoms with Crippen LogP contribution in [0.25, 0.3) is 11.0 Å². The lowest BCUT2D eigenvalue weighted by molar-refractivity contribution is -0.274. The fraction of sp³-hybridized carbons (Fsp3) is 0.200. The number of anilines is 1. The molecule has 1 aromatic carbocycles. The highest BCUT2D eigenvalue weighted by Crippen LogP contribution is 2.25. The molecular formula is C15H12F3N5O3. The van der Waals surface area contributed by atoms with Gasteiger partial charge in [-0.05, 0) is 12.1 Å². The Kier molecular flexibility index (Phi) is 4.36. The number of aromatic nitrogens is 4. The Morgan fingerprint density at radius 3 is 2.85 bits per heavy atom. The van der Waals surface area contributed by atoms with Crippen LogP contribution in [0.3, 0.4) is 0 Å². The van der Waals surface area contributed by atoms with E-state index >= 15 is 0 Å². The van der Waals surface area contributed by atoms with E-state index in [-0.39, 0.29) is 17.6 Å². The van der Waals surface area contributed by atoms with Crippen molar-refractivity contribution < 1.29 is 22.7 Å². The molecule has 1 N–H and O–H groups in total. The third-order valence-corrected chi connectivity index (χ3v) is 3.38. The van der Waals surface area contributed by atoms with Gasteiger partial charge in [-0.1, -0.05) is 6.07 Å². The van der Waals surface area contributed by atoms with Crippen LogP contribution in [-0.2, 0) is 18.4 Å². The number of alkyl halides is 3. The zero-order valence-electron chi connectivity index (χ0n) is 13.3. The molecule has 0 radical (unpaired) electrons. The molecule has 0 aliphatic carbocycles. The van der Waals surface area contributed by atoms with Crippen molar-refractivity contribution in [3.63, 3.8) is 0 Å². The van der Waals surface area contributed by atoms with Gasteiger partial charge in [0.05, 0.1) is 6.20 Å². The van der Waals surface area contributed by atoms with Crippen LogP contribution in [0, 0.1) is 0 Å². The first-order valence-corrected chi connectivity index (χ1v) is 7.26. The molecule has 3 rings (SSSR count). The average molecular weight is 367 g/mol. The number of carbonyl (C=O) groups is 1. The molecule has 0 spiro atoms. The number of fused-ring (bicyclic) bond motifs is 1. The molecule has 136 valence electrons. The molecule has 0 fully saturated rings. The Morgan fingerprint density at radius 1 is 1.35 bits per heavy atom. The van der Waals surface area contributed by atoms with Gasteiger partial charge in [0.1, 0.15) is 24.0 Å². The standard InChI is InChI=1S/C15H12F3N5O3/c1-22-13-11(6-20-22)14(25)23(8-19-13)7-12(24)21-9-3-2-4-10(5-9)26-15(16,17)18/h2-6,8H,7H2,1H3,(H,21,24). The Morgan fingerprint density at radius 2 is 2.12 bits per heavy atom. The van der Waals surface area contributed by atoms with Crippen LogP contribution < -0.4 is 15.6 Å². The minimum absolute atomic E-state index is 0.0974. The number of ether oxygens (including phenoxy) is 1. The van der Waals surface area contributed by atoms with Gasteiger partial charge in [0.2, 0.25) is 5.91 Å². The van der Waals surface area contributed by atoms with Gasteiger partial charge in [-0.15, -0.1) is 13.2 Å². The summed E-state index contributed by atoms with van der Waals surface area (Å²) in [5.41, 5.74) is 0.0243. The fourth-order valence-corrected chi connectivity index (χ4v) is 2.31. The lowest BCUT2D eigenvalue weighted by Gasteiger charge is -2.11. The lowest BCUT2D eigenvalue weighted by Crippen LogP contribution is -2.27. The molecule has 0 bridgehead atoms. The molecular weight excluding hydrogens is 355 g/mol. The van der Waals surface area contributed by atoms with E-state index in [1.165, 1.54) is 29.3 Å². The first-order valence-electron chi connectivity index (χ1n) is 7.26. The zero-order valence-corrected chi connectivity index (χ0v) is 13.3. The molecule has 2 aromatic heterocycles. The molecule has 1 amide bonds. The summed E-state index contributed by atoms with van der Waals surface area (Å²) in [6.07, 6.45) is -2.28. The lowest BCUT2D eigenvalue weighted by atomic mass is 10.3. The average Bonchev–Trinajstić information content (AvgIpc) is 2.91. The maximum atomic E-state index is 12.3. The number of nitrogens with one attached hydrogen (secondary N) is 1. The van der Waals surface area contributed by atoms with Crippen molar-refractivity contribution in [2.75, 3.05) is 5.32 Å². The van der Waals surface area contributed by atoms with Gasteiger partial charge < -0.3 is 10.1 Å². The van der Waals surface area contributed by atoms with Crippen molar-refractivity contribution in [2.45, 2.75) is 12.9 Å². The highest BCUT2D eigenvalue weighted by molar-refractivity contribution is 5.90. The quantitative estimate of drug-likeness (QED) is 0.757. The zero-order chi connectivity index (χ0) is 18.9. The molecule has 11 heteroatoms. The van der Waals surface area contributed by atoms with Crippen LogP contribution in [-0.4, -0.2) is 31.6 Å². The monoisotopic (exact) mass is 367 g/mol. The van der Waals surface area contributed by atoms with E-state index in [2.05, 4.69) is 20.1 Å². The first-order chi connectivity index (χ1) is 12.2. The predicted molar refractivity (Wildman–Crippen MR) is 84.5 cm³/mol. The number of halogens is 3. The van der Waals surface area contributed by atoms with Crippen LogP contribution in [0.1, 0.15) is 0 Å². The van der Waals surface area contributed by atoms with Crippen molar-refractivity contribution in [3.8, 4) is 5.75 Å². The maximum absolute atomic E-state index is 12.3. The Bertz CT molecular complexity index is 1030. The molecule has 0 aliphatic rings. The number of aryl methyl sites for hydroxylation is 1. The van der Waals surface area contributed by atoms with Crippen LogP contribution in [0.5, 0.6) is 5.75 Å². The fourth-order valence-electron chi connectivity index (χ4n) is 2.31. The van der Waals surface area contributed by atoms with Gasteiger partial charge in [-0.3, -0.25) is 18.8 Å². The molecule has 26 heavy (non-hydrogen) atoms. The van der Waals surface area contributed by atoms with Gasteiger partial charge in [0.25, 0.3) is 5.56 Å². The first kappa shape index (κ1) is 17.5. The largest absolute Gasteiger partial charge is 0.573 e. The Labute approximate surface area is 143 Å². The molecule has 0 aliphatic heterocycles. The summed E-state index contributed by atoms with van der Waals surface area (Å²) in [5, 5.41) is 6.57. The minimum atomic E-state index is -4.83. The van der Waals surface area contributed by atoms with Crippen molar-refractivity contribution >= 4 is 22.6 Å². The molecule has 8 nitrogen and oxygen atoms in total. The van der Waals surface area contributed by atoms with E-state index in [0.29, 0.717) is 5.65 Å². The van der Waals surface area contributed by atoms with Gasteiger partial charge >= 0.3 is 6.36 Å². The second kappa shape index (κ2) is 6.50. The molecule has 0 atom stereocenters. The van der Waals surface area contributed by atoms with Crippen molar-refractivity contribution in [2.24, 2.45) is 7.05 Å². The molecule has 0 saturated carbocycles. The number of benzene rings is 1. The van der Waals surface area contributed by atoms with Gasteiger partial charge in [-0.2, -0.15) is 5.10 Å². The number of hydrogen-bond acceptors (Lipinski definition) is 5. The maximum Gasteiger partial charge on any atom is 0.573 e. The van der Waals surface area contributed by atoms with Gasteiger partial charge in [0, 0.05) is 18.8 Å². The Hall–Kier alpha value is -3.37. The summed E-state index contributed by atoms with van der Waals surface area (Å²) in [4.78, 5) is 28.4. The molecule has 0 saturated heterocycles. The van der Waals surface area contributed by atoms with E-state index in [9.17, 15) is 22.8 Å². The summed E-state index contributed by atoms with van der Waals surface area (Å²) in [6.45, 7) is -0.360. The topological polar surface area (TPSA) is 91.0 Å². The second-order valence-corrected chi connectivity index (χ2v) is 5.31. The molecule has 3 aromatic rings. The van der Waals surface area contributed by atoms with Crippen LogP contribution in [0.2, 0.25) is 0 Å². The van der Waals surface area contributed by atoms with Gasteiger partial charge in [0.15, 0.2) is 5.65 Å². The molecule has 0 unspecified atom stereocenters. The summed E-state index contributed by atoms with van der Waals surface area (Å²) in [7, 11) is 1.63. The van der Waals surface area contributed by atoms with Crippen molar-refractivity contribution in [1.82, 2.24) is 19.3 Å². The van der Waals surface area contributed by atoms with Crippen LogP contribution in [0.15, 0.2) is 41.6 Å². The summed E-state index contributed by atoms with van der Waals surface area (Å²) in [6, 6.07) is 4.82. The number of rotatable bonds is 4. The molecule has 2 heterocycles. The number of carbonyl (C=O) groups excluding carboxylic acids is 1.